The molecule has 0 spiro atoms. The van der Waals surface area contributed by atoms with E-state index in [1.54, 1.807) is 48.5 Å². The summed E-state index contributed by atoms with van der Waals surface area (Å²) in [5.41, 5.74) is 0. The van der Waals surface area contributed by atoms with Crippen molar-refractivity contribution in [1.82, 2.24) is 0 Å². The van der Waals surface area contributed by atoms with E-state index in [0.29, 0.717) is 28.7 Å². The van der Waals surface area contributed by atoms with E-state index < -0.39 is 6.10 Å². The molecule has 2 aromatic rings. The monoisotopic (exact) mass is 376 g/mol. The van der Waals surface area contributed by atoms with Gasteiger partial charge >= 0.3 is 5.97 Å². The van der Waals surface area contributed by atoms with Crippen LogP contribution in [0.5, 0.6) is 17.2 Å². The van der Waals surface area contributed by atoms with Crippen LogP contribution < -0.4 is 9.47 Å². The third-order valence-electron chi connectivity index (χ3n) is 3.59. The fourth-order valence-corrected chi connectivity index (χ4v) is 2.44. The Balaban J connectivity index is 2.00. The number of halogens is 1. The molecule has 1 atom stereocenters. The summed E-state index contributed by atoms with van der Waals surface area (Å²) in [7, 11) is 0. The van der Waals surface area contributed by atoms with Gasteiger partial charge in [-0.15, -0.1) is 0 Å². The molecule has 0 aliphatic heterocycles. The third kappa shape index (κ3) is 6.60. The Morgan fingerprint density at radius 2 is 1.50 bits per heavy atom. The van der Waals surface area contributed by atoms with Gasteiger partial charge in [-0.05, 0) is 75.2 Å². The first-order valence-corrected chi connectivity index (χ1v) is 9.26. The van der Waals surface area contributed by atoms with Gasteiger partial charge in [-0.3, -0.25) is 0 Å². The highest BCUT2D eigenvalue weighted by Crippen LogP contribution is 2.26. The smallest absolute Gasteiger partial charge is 0.347 e. The van der Waals surface area contributed by atoms with E-state index in [4.69, 9.17) is 25.8 Å². The van der Waals surface area contributed by atoms with Gasteiger partial charge in [0.15, 0.2) is 6.10 Å². The number of ether oxygens (including phenoxy) is 3. The molecule has 0 heterocycles. The number of rotatable bonds is 9. The Kier molecular flexibility index (Phi) is 7.79. The van der Waals surface area contributed by atoms with Crippen LogP contribution in [0.1, 0.15) is 40.0 Å². The van der Waals surface area contributed by atoms with Crippen molar-refractivity contribution in [2.45, 2.75) is 52.2 Å². The second-order valence-corrected chi connectivity index (χ2v) is 6.70. The van der Waals surface area contributed by atoms with Gasteiger partial charge in [-0.25, -0.2) is 4.79 Å². The maximum atomic E-state index is 12.2. The molecule has 0 radical (unpaired) electrons. The highest BCUT2D eigenvalue weighted by molar-refractivity contribution is 6.30. The summed E-state index contributed by atoms with van der Waals surface area (Å²) in [6.07, 6.45) is 1.76. The molecular weight excluding hydrogens is 352 g/mol. The van der Waals surface area contributed by atoms with Crippen molar-refractivity contribution in [3.05, 3.63) is 53.6 Å². The predicted octanol–water partition coefficient (Wildman–Crippen LogP) is 6.02. The van der Waals surface area contributed by atoms with Crippen molar-refractivity contribution in [2.24, 2.45) is 0 Å². The number of hydrogen-bond acceptors (Lipinski definition) is 4. The number of hydrogen-bond donors (Lipinski definition) is 0. The van der Waals surface area contributed by atoms with Crippen LogP contribution in [0, 0.1) is 0 Å². The molecule has 26 heavy (non-hydrogen) atoms. The van der Waals surface area contributed by atoms with Gasteiger partial charge in [0.1, 0.15) is 17.2 Å². The van der Waals surface area contributed by atoms with Crippen LogP contribution in [0.2, 0.25) is 5.02 Å². The molecule has 0 N–H and O–H groups in total. The van der Waals surface area contributed by atoms with Gasteiger partial charge < -0.3 is 14.2 Å². The SMILES string of the molecule is CCCCC(Oc1ccc(Oc2ccc(Cl)cc2)cc1)C(=O)OC(C)C. The van der Waals surface area contributed by atoms with E-state index in [1.807, 2.05) is 13.8 Å². The highest BCUT2D eigenvalue weighted by Gasteiger charge is 2.22. The van der Waals surface area contributed by atoms with Crippen LogP contribution >= 0.6 is 11.6 Å². The molecule has 2 aromatic carbocycles. The Bertz CT molecular complexity index is 680. The summed E-state index contributed by atoms with van der Waals surface area (Å²) >= 11 is 5.87. The van der Waals surface area contributed by atoms with Gasteiger partial charge in [0.05, 0.1) is 6.10 Å². The van der Waals surface area contributed by atoms with Crippen LogP contribution in [0.4, 0.5) is 0 Å². The molecule has 0 saturated heterocycles. The molecule has 0 aliphatic rings. The molecular formula is C21H25ClO4. The Morgan fingerprint density at radius 1 is 0.962 bits per heavy atom. The molecule has 2 rings (SSSR count). The molecule has 0 saturated carbocycles. The van der Waals surface area contributed by atoms with E-state index >= 15 is 0 Å². The fraction of sp³-hybridized carbons (Fsp3) is 0.381. The van der Waals surface area contributed by atoms with Gasteiger partial charge in [0, 0.05) is 5.02 Å². The van der Waals surface area contributed by atoms with Gasteiger partial charge in [-0.1, -0.05) is 24.9 Å². The van der Waals surface area contributed by atoms with E-state index in [9.17, 15) is 4.79 Å². The maximum absolute atomic E-state index is 12.2. The van der Waals surface area contributed by atoms with Crippen LogP contribution in [-0.2, 0) is 9.53 Å². The average molecular weight is 377 g/mol. The topological polar surface area (TPSA) is 44.8 Å². The van der Waals surface area contributed by atoms with Crippen LogP contribution in [-0.4, -0.2) is 18.2 Å². The molecule has 5 heteroatoms. The molecule has 1 unspecified atom stereocenters. The zero-order chi connectivity index (χ0) is 18.9. The second kappa shape index (κ2) is 10.1. The van der Waals surface area contributed by atoms with Crippen LogP contribution in [0.3, 0.4) is 0 Å². The Labute approximate surface area is 160 Å². The normalized spacial score (nSPS) is 11.9. The van der Waals surface area contributed by atoms with Crippen LogP contribution in [0.15, 0.2) is 48.5 Å². The third-order valence-corrected chi connectivity index (χ3v) is 3.84. The molecule has 140 valence electrons. The number of carbonyl (C=O) groups excluding carboxylic acids is 1. The average Bonchev–Trinajstić information content (AvgIpc) is 2.61. The summed E-state index contributed by atoms with van der Waals surface area (Å²) in [6, 6.07) is 14.3. The zero-order valence-electron chi connectivity index (χ0n) is 15.4. The van der Waals surface area contributed by atoms with Crippen molar-refractivity contribution in [3.63, 3.8) is 0 Å². The molecule has 0 fully saturated rings. The molecule has 0 aromatic heterocycles. The first-order valence-electron chi connectivity index (χ1n) is 8.88. The highest BCUT2D eigenvalue weighted by atomic mass is 35.5. The van der Waals surface area contributed by atoms with E-state index in [0.717, 1.165) is 12.8 Å². The van der Waals surface area contributed by atoms with Crippen LogP contribution in [0.25, 0.3) is 0 Å². The maximum Gasteiger partial charge on any atom is 0.347 e. The fourth-order valence-electron chi connectivity index (χ4n) is 2.31. The summed E-state index contributed by atoms with van der Waals surface area (Å²) < 4.78 is 16.9. The van der Waals surface area contributed by atoms with Gasteiger partial charge in [0.25, 0.3) is 0 Å². The summed E-state index contributed by atoms with van der Waals surface area (Å²) in [6.45, 7) is 5.74. The quantitative estimate of drug-likeness (QED) is 0.502. The van der Waals surface area contributed by atoms with E-state index in [-0.39, 0.29) is 12.1 Å². The minimum absolute atomic E-state index is 0.162. The van der Waals surface area contributed by atoms with Gasteiger partial charge in [0.2, 0.25) is 0 Å². The van der Waals surface area contributed by atoms with Crippen molar-refractivity contribution >= 4 is 17.6 Å². The first-order chi connectivity index (χ1) is 12.5. The minimum atomic E-state index is -0.597. The van der Waals surface area contributed by atoms with Crippen molar-refractivity contribution in [1.29, 1.82) is 0 Å². The lowest BCUT2D eigenvalue weighted by atomic mass is 10.1. The second-order valence-electron chi connectivity index (χ2n) is 6.26. The predicted molar refractivity (Wildman–Crippen MR) is 103 cm³/mol. The lowest BCUT2D eigenvalue weighted by Gasteiger charge is -2.19. The lowest BCUT2D eigenvalue weighted by molar-refractivity contribution is -0.156. The lowest BCUT2D eigenvalue weighted by Crippen LogP contribution is -2.31. The molecule has 0 bridgehead atoms. The summed E-state index contributed by atoms with van der Waals surface area (Å²) in [4.78, 5) is 12.2. The first kappa shape index (κ1) is 20.1. The number of esters is 1. The molecule has 0 aliphatic carbocycles. The van der Waals surface area contributed by atoms with Crippen molar-refractivity contribution in [2.75, 3.05) is 0 Å². The van der Waals surface area contributed by atoms with E-state index in [2.05, 4.69) is 6.92 Å². The summed E-state index contributed by atoms with van der Waals surface area (Å²) in [5.74, 6) is 1.66. The van der Waals surface area contributed by atoms with Gasteiger partial charge in [-0.2, -0.15) is 0 Å². The molecule has 0 amide bonds. The Hall–Kier alpha value is -2.20. The number of benzene rings is 2. The number of unbranched alkanes of at least 4 members (excludes halogenated alkanes) is 1. The van der Waals surface area contributed by atoms with Crippen molar-refractivity contribution < 1.29 is 19.0 Å². The largest absolute Gasteiger partial charge is 0.479 e. The number of carbonyl (C=O) groups is 1. The minimum Gasteiger partial charge on any atom is -0.479 e. The Morgan fingerprint density at radius 3 is 2.04 bits per heavy atom. The zero-order valence-corrected chi connectivity index (χ0v) is 16.2. The molecule has 4 nitrogen and oxygen atoms in total. The summed E-state index contributed by atoms with van der Waals surface area (Å²) in [5, 5.41) is 0.660. The van der Waals surface area contributed by atoms with Crippen molar-refractivity contribution in [3.8, 4) is 17.2 Å². The van der Waals surface area contributed by atoms with E-state index in [1.165, 1.54) is 0 Å². The standard InChI is InChI=1S/C21H25ClO4/c1-4-5-6-20(21(23)24-15(2)3)26-19-13-11-18(12-14-19)25-17-9-7-16(22)8-10-17/h7-15,20H,4-6H2,1-3H3.